The van der Waals surface area contributed by atoms with Crippen LogP contribution in [0, 0.1) is 5.82 Å². The van der Waals surface area contributed by atoms with Crippen molar-refractivity contribution in [2.24, 2.45) is 4.99 Å². The average molecular weight is 340 g/mol. The first-order valence-corrected chi connectivity index (χ1v) is 7.24. The number of hydrogen-bond donors (Lipinski definition) is 0. The van der Waals surface area contributed by atoms with E-state index in [1.165, 1.54) is 30.3 Å². The van der Waals surface area contributed by atoms with E-state index in [1.807, 2.05) is 0 Å². The molecule has 0 amide bonds. The molecule has 2 aromatic carbocycles. The Balaban J connectivity index is 1.93. The van der Waals surface area contributed by atoms with Gasteiger partial charge in [-0.1, -0.05) is 30.3 Å². The number of para-hydroxylation sites is 1. The Morgan fingerprint density at radius 1 is 1.20 bits per heavy atom. The van der Waals surface area contributed by atoms with Gasteiger partial charge in [-0.3, -0.25) is 0 Å². The number of aliphatic imine (C=N–C) groups is 1. The van der Waals surface area contributed by atoms with E-state index in [-0.39, 0.29) is 22.9 Å². The fraction of sp³-hybridized carbons (Fsp3) is 0.0556. The van der Waals surface area contributed by atoms with E-state index in [0.29, 0.717) is 5.56 Å². The molecule has 0 aromatic heterocycles. The maximum absolute atomic E-state index is 13.8. The smallest absolute Gasteiger partial charge is 0.363 e. The number of nitrogens with zero attached hydrogens (tertiary/aromatic N) is 1. The van der Waals surface area contributed by atoms with Gasteiger partial charge in [0.15, 0.2) is 5.70 Å². The van der Waals surface area contributed by atoms with Gasteiger partial charge in [0.2, 0.25) is 5.90 Å². The number of halogens is 1. The summed E-state index contributed by atoms with van der Waals surface area (Å²) in [6.45, 7) is -0.631. The number of cyclic esters (lactones) is 1. The Labute approximate surface area is 141 Å². The molecule has 0 spiro atoms. The van der Waals surface area contributed by atoms with Crippen molar-refractivity contribution in [3.8, 4) is 5.75 Å². The van der Waals surface area contributed by atoms with E-state index < -0.39 is 24.4 Å². The molecule has 0 saturated carbocycles. The quantitative estimate of drug-likeness (QED) is 0.605. The monoisotopic (exact) mass is 340 g/mol. The van der Waals surface area contributed by atoms with Crippen LogP contribution in [0.4, 0.5) is 4.39 Å². The summed E-state index contributed by atoms with van der Waals surface area (Å²) in [4.78, 5) is 26.5. The van der Waals surface area contributed by atoms with Gasteiger partial charge in [-0.2, -0.15) is 0 Å². The van der Waals surface area contributed by atoms with Crippen molar-refractivity contribution in [2.75, 3.05) is 6.61 Å². The van der Waals surface area contributed by atoms with Gasteiger partial charge in [-0.25, -0.2) is 14.2 Å². The highest BCUT2D eigenvalue weighted by Gasteiger charge is 2.26. The molecule has 1 heterocycles. The van der Waals surface area contributed by atoms with Crippen molar-refractivity contribution < 1.29 is 28.6 Å². The van der Waals surface area contributed by atoms with Crippen molar-refractivity contribution in [2.45, 2.75) is 0 Å². The zero-order valence-corrected chi connectivity index (χ0v) is 12.8. The summed E-state index contributed by atoms with van der Waals surface area (Å²) in [7, 11) is 0. The first-order chi connectivity index (χ1) is 12.0. The molecule has 1 aliphatic heterocycles. The maximum Gasteiger partial charge on any atom is 0.363 e. The van der Waals surface area contributed by atoms with E-state index in [1.54, 1.807) is 24.3 Å². The lowest BCUT2D eigenvalue weighted by molar-refractivity contribution is -0.307. The van der Waals surface area contributed by atoms with Crippen LogP contribution in [0.1, 0.15) is 11.1 Å². The van der Waals surface area contributed by atoms with Crippen molar-refractivity contribution in [1.82, 2.24) is 0 Å². The molecule has 0 unspecified atom stereocenters. The normalized spacial score (nSPS) is 15.0. The second-order valence-corrected chi connectivity index (χ2v) is 5.01. The van der Waals surface area contributed by atoms with Crippen LogP contribution >= 0.6 is 0 Å². The number of carboxylic acids is 1. The summed E-state index contributed by atoms with van der Waals surface area (Å²) in [6.07, 6.45) is 1.38. The predicted octanol–water partition coefficient (Wildman–Crippen LogP) is 1.30. The summed E-state index contributed by atoms with van der Waals surface area (Å²) < 4.78 is 23.9. The van der Waals surface area contributed by atoms with E-state index in [4.69, 9.17) is 9.47 Å². The number of hydrogen-bond acceptors (Lipinski definition) is 6. The number of carboxylic acid groups (broad SMARTS) is 1. The fourth-order valence-electron chi connectivity index (χ4n) is 2.17. The number of carbonyl (C=O) groups is 2. The third kappa shape index (κ3) is 3.72. The van der Waals surface area contributed by atoms with Gasteiger partial charge in [-0.15, -0.1) is 0 Å². The Morgan fingerprint density at radius 3 is 2.68 bits per heavy atom. The summed E-state index contributed by atoms with van der Waals surface area (Å²) >= 11 is 0. The number of esters is 1. The molecular weight excluding hydrogens is 329 g/mol. The predicted molar refractivity (Wildman–Crippen MR) is 84.0 cm³/mol. The van der Waals surface area contributed by atoms with Gasteiger partial charge in [0.25, 0.3) is 0 Å². The molecule has 2 aromatic rings. The van der Waals surface area contributed by atoms with Crippen LogP contribution in [-0.2, 0) is 14.3 Å². The minimum Gasteiger partial charge on any atom is -0.546 e. The molecule has 0 fully saturated rings. The number of aliphatic carboxylic acids is 1. The first kappa shape index (κ1) is 16.4. The lowest BCUT2D eigenvalue weighted by Gasteiger charge is -2.09. The molecule has 0 saturated heterocycles. The van der Waals surface area contributed by atoms with Crippen LogP contribution in [0.15, 0.2) is 59.2 Å². The number of benzene rings is 2. The third-order valence-corrected chi connectivity index (χ3v) is 3.28. The van der Waals surface area contributed by atoms with Crippen LogP contribution < -0.4 is 9.84 Å². The fourth-order valence-corrected chi connectivity index (χ4v) is 2.17. The Kier molecular flexibility index (Phi) is 4.56. The topological polar surface area (TPSA) is 88.0 Å². The highest BCUT2D eigenvalue weighted by atomic mass is 19.1. The molecule has 126 valence electrons. The van der Waals surface area contributed by atoms with Crippen LogP contribution in [0.3, 0.4) is 0 Å². The summed E-state index contributed by atoms with van der Waals surface area (Å²) in [5.41, 5.74) is 0.442. The van der Waals surface area contributed by atoms with E-state index in [9.17, 15) is 19.1 Å². The standard InChI is InChI=1S/C18H12FNO5/c19-13-7-3-2-6-12(13)17-20-14(18(23)25-17)9-11-5-1-4-8-15(11)24-10-16(21)22/h1-9H,10H2,(H,21,22)/p-1/b14-9-. The molecule has 7 heteroatoms. The van der Waals surface area contributed by atoms with Gasteiger partial charge in [0.1, 0.15) is 18.2 Å². The molecule has 0 atom stereocenters. The Hall–Kier alpha value is -3.48. The van der Waals surface area contributed by atoms with E-state index in [0.717, 1.165) is 0 Å². The van der Waals surface area contributed by atoms with Gasteiger partial charge < -0.3 is 19.4 Å². The Morgan fingerprint density at radius 2 is 1.92 bits per heavy atom. The third-order valence-electron chi connectivity index (χ3n) is 3.28. The first-order valence-electron chi connectivity index (χ1n) is 7.24. The summed E-state index contributed by atoms with van der Waals surface area (Å²) in [5.74, 6) is -2.58. The molecule has 0 aliphatic carbocycles. The molecule has 6 nitrogen and oxygen atoms in total. The van der Waals surface area contributed by atoms with Crippen LogP contribution in [0.25, 0.3) is 6.08 Å². The lowest BCUT2D eigenvalue weighted by Crippen LogP contribution is -2.29. The molecule has 0 radical (unpaired) electrons. The van der Waals surface area contributed by atoms with Crippen LogP contribution in [0.2, 0.25) is 0 Å². The number of ether oxygens (including phenoxy) is 2. The minimum atomic E-state index is -1.37. The van der Waals surface area contributed by atoms with Crippen molar-refractivity contribution in [3.05, 3.63) is 71.2 Å². The van der Waals surface area contributed by atoms with E-state index in [2.05, 4.69) is 4.99 Å². The second kappa shape index (κ2) is 6.96. The van der Waals surface area contributed by atoms with Gasteiger partial charge in [-0.05, 0) is 24.3 Å². The molecule has 0 N–H and O–H groups in total. The van der Waals surface area contributed by atoms with Crippen molar-refractivity contribution >= 4 is 23.9 Å². The highest BCUT2D eigenvalue weighted by molar-refractivity contribution is 6.13. The SMILES string of the molecule is O=C([O-])COc1ccccc1/C=C1\N=C(c2ccccc2F)OC1=O. The molecular formula is C18H11FNO5-. The molecule has 0 bridgehead atoms. The minimum absolute atomic E-state index is 0.0530. The van der Waals surface area contributed by atoms with Crippen LogP contribution in [0.5, 0.6) is 5.75 Å². The largest absolute Gasteiger partial charge is 0.546 e. The van der Waals surface area contributed by atoms with Crippen molar-refractivity contribution in [3.63, 3.8) is 0 Å². The highest BCUT2D eigenvalue weighted by Crippen LogP contribution is 2.25. The van der Waals surface area contributed by atoms with Gasteiger partial charge >= 0.3 is 5.97 Å². The van der Waals surface area contributed by atoms with E-state index >= 15 is 0 Å². The molecule has 3 rings (SSSR count). The average Bonchev–Trinajstić information content (AvgIpc) is 2.95. The summed E-state index contributed by atoms with van der Waals surface area (Å²) in [5, 5.41) is 10.5. The van der Waals surface area contributed by atoms with Gasteiger partial charge in [0.05, 0.1) is 11.5 Å². The second-order valence-electron chi connectivity index (χ2n) is 5.01. The van der Waals surface area contributed by atoms with Crippen molar-refractivity contribution in [1.29, 1.82) is 0 Å². The lowest BCUT2D eigenvalue weighted by atomic mass is 10.1. The number of carbonyl (C=O) groups excluding carboxylic acids is 2. The zero-order valence-electron chi connectivity index (χ0n) is 12.8. The van der Waals surface area contributed by atoms with Gasteiger partial charge in [0, 0.05) is 5.56 Å². The Bertz CT molecular complexity index is 904. The number of rotatable bonds is 5. The maximum atomic E-state index is 13.8. The molecule has 25 heavy (non-hydrogen) atoms. The van der Waals surface area contributed by atoms with Crippen LogP contribution in [-0.4, -0.2) is 24.4 Å². The summed E-state index contributed by atoms with van der Waals surface area (Å²) in [6, 6.07) is 12.3. The zero-order chi connectivity index (χ0) is 17.8. The molecule has 1 aliphatic rings.